The second-order valence-electron chi connectivity index (χ2n) is 8.36. The van der Waals surface area contributed by atoms with Crippen LogP contribution in [0.2, 0.25) is 0 Å². The van der Waals surface area contributed by atoms with Crippen molar-refractivity contribution in [2.75, 3.05) is 5.32 Å². The number of amides is 1. The third-order valence-corrected chi connectivity index (χ3v) is 6.09. The number of alkyl halides is 7. The standard InChI is InChI=1S/C20H23F7N2O3/c21-11-1-3-13(4-2-11)32-15-8-10(19(22,23)24)7-14(20(25,26)27)17(15)18(31)29-12-5-6-28-16(30)9-12/h5-6,9-11,13-15,17H,1-4,7-8H2,(H2,28,29,30,31). The average Bonchev–Trinajstić information content (AvgIpc) is 2.67. The van der Waals surface area contributed by atoms with Gasteiger partial charge in [0.05, 0.1) is 30.0 Å². The highest BCUT2D eigenvalue weighted by molar-refractivity contribution is 5.93. The summed E-state index contributed by atoms with van der Waals surface area (Å²) in [6.45, 7) is 0. The van der Waals surface area contributed by atoms with Crippen LogP contribution in [0.4, 0.5) is 36.4 Å². The molecule has 0 bridgehead atoms. The van der Waals surface area contributed by atoms with Gasteiger partial charge in [-0.2, -0.15) is 26.3 Å². The second-order valence-corrected chi connectivity index (χ2v) is 8.36. The summed E-state index contributed by atoms with van der Waals surface area (Å²) < 4.78 is 101. The fourth-order valence-electron chi connectivity index (χ4n) is 4.49. The molecule has 2 aliphatic rings. The normalized spacial score (nSPS) is 31.8. The van der Waals surface area contributed by atoms with E-state index >= 15 is 0 Å². The van der Waals surface area contributed by atoms with E-state index < -0.39 is 72.8 Å². The number of carbonyl (C=O) groups is 1. The molecule has 3 rings (SSSR count). The molecule has 0 spiro atoms. The highest BCUT2D eigenvalue weighted by Gasteiger charge is 2.59. The third kappa shape index (κ3) is 6.02. The van der Waals surface area contributed by atoms with Crippen LogP contribution in [0.5, 0.6) is 0 Å². The molecule has 2 aliphatic carbocycles. The van der Waals surface area contributed by atoms with E-state index in [4.69, 9.17) is 4.74 Å². The average molecular weight is 472 g/mol. The molecule has 0 aromatic carbocycles. The number of H-pyrrole nitrogens is 1. The molecule has 1 aromatic heterocycles. The Balaban J connectivity index is 1.90. The van der Waals surface area contributed by atoms with E-state index in [0.29, 0.717) is 0 Å². The minimum Gasteiger partial charge on any atom is -0.374 e. The number of aromatic amines is 1. The van der Waals surface area contributed by atoms with Crippen LogP contribution in [-0.2, 0) is 9.53 Å². The molecule has 2 saturated carbocycles. The number of ether oxygens (including phenoxy) is 1. The highest BCUT2D eigenvalue weighted by atomic mass is 19.4. The number of aromatic nitrogens is 1. The molecule has 0 saturated heterocycles. The summed E-state index contributed by atoms with van der Waals surface area (Å²) in [5.74, 6) is -8.01. The molecule has 5 nitrogen and oxygen atoms in total. The van der Waals surface area contributed by atoms with Gasteiger partial charge in [-0.15, -0.1) is 0 Å². The van der Waals surface area contributed by atoms with Crippen molar-refractivity contribution >= 4 is 11.6 Å². The van der Waals surface area contributed by atoms with Crippen molar-refractivity contribution in [3.8, 4) is 0 Å². The number of nitrogens with one attached hydrogen (secondary N) is 2. The van der Waals surface area contributed by atoms with Crippen molar-refractivity contribution in [2.45, 2.75) is 69.3 Å². The van der Waals surface area contributed by atoms with Gasteiger partial charge >= 0.3 is 12.4 Å². The van der Waals surface area contributed by atoms with Crippen molar-refractivity contribution in [1.82, 2.24) is 4.98 Å². The smallest absolute Gasteiger partial charge is 0.374 e. The number of hydrogen-bond donors (Lipinski definition) is 2. The molecule has 12 heteroatoms. The van der Waals surface area contributed by atoms with Crippen molar-refractivity contribution in [2.24, 2.45) is 17.8 Å². The van der Waals surface area contributed by atoms with Gasteiger partial charge in [0, 0.05) is 18.0 Å². The first-order valence-corrected chi connectivity index (χ1v) is 10.3. The number of hydrogen-bond acceptors (Lipinski definition) is 3. The lowest BCUT2D eigenvalue weighted by atomic mass is 9.70. The molecule has 180 valence electrons. The fourth-order valence-corrected chi connectivity index (χ4v) is 4.49. The summed E-state index contributed by atoms with van der Waals surface area (Å²) in [4.78, 5) is 26.5. The molecule has 4 atom stereocenters. The number of carbonyl (C=O) groups excluding carboxylic acids is 1. The van der Waals surface area contributed by atoms with Gasteiger partial charge in [-0.05, 0) is 44.6 Å². The number of anilines is 1. The van der Waals surface area contributed by atoms with Gasteiger partial charge in [0.1, 0.15) is 6.17 Å². The van der Waals surface area contributed by atoms with Crippen molar-refractivity contribution in [1.29, 1.82) is 0 Å². The Labute approximate surface area is 178 Å². The Kier molecular flexibility index (Phi) is 7.21. The molecule has 32 heavy (non-hydrogen) atoms. The van der Waals surface area contributed by atoms with Gasteiger partial charge in [-0.25, -0.2) is 4.39 Å². The maximum atomic E-state index is 13.8. The largest absolute Gasteiger partial charge is 0.392 e. The number of pyridine rings is 1. The minimum absolute atomic E-state index is 0.0886. The lowest BCUT2D eigenvalue weighted by molar-refractivity contribution is -0.254. The molecular formula is C20H23F7N2O3. The molecule has 0 radical (unpaired) electrons. The Hall–Kier alpha value is -2.11. The van der Waals surface area contributed by atoms with E-state index in [2.05, 4.69) is 10.3 Å². The molecule has 0 aliphatic heterocycles. The van der Waals surface area contributed by atoms with Gasteiger partial charge in [-0.1, -0.05) is 0 Å². The second kappa shape index (κ2) is 9.40. The van der Waals surface area contributed by atoms with Crippen LogP contribution in [-0.4, -0.2) is 41.6 Å². The van der Waals surface area contributed by atoms with Crippen LogP contribution in [0.15, 0.2) is 23.1 Å². The molecule has 1 aromatic rings. The monoisotopic (exact) mass is 472 g/mol. The number of rotatable bonds is 4. The quantitative estimate of drug-likeness (QED) is 0.622. The summed E-state index contributed by atoms with van der Waals surface area (Å²) in [7, 11) is 0. The van der Waals surface area contributed by atoms with Gasteiger partial charge < -0.3 is 15.0 Å². The minimum atomic E-state index is -5.09. The zero-order chi connectivity index (χ0) is 23.7. The molecule has 4 unspecified atom stereocenters. The first-order valence-electron chi connectivity index (χ1n) is 10.3. The van der Waals surface area contributed by atoms with E-state index in [1.165, 1.54) is 12.3 Å². The van der Waals surface area contributed by atoms with Crippen LogP contribution in [0.3, 0.4) is 0 Å². The fraction of sp³-hybridized carbons (Fsp3) is 0.700. The van der Waals surface area contributed by atoms with E-state index in [-0.39, 0.29) is 31.4 Å². The van der Waals surface area contributed by atoms with E-state index in [0.717, 1.165) is 6.07 Å². The Morgan fingerprint density at radius 1 is 1.03 bits per heavy atom. The first kappa shape index (κ1) is 24.5. The zero-order valence-corrected chi connectivity index (χ0v) is 16.8. The molecule has 2 N–H and O–H groups in total. The zero-order valence-electron chi connectivity index (χ0n) is 16.8. The van der Waals surface area contributed by atoms with Crippen LogP contribution in [0, 0.1) is 17.8 Å². The topological polar surface area (TPSA) is 71.2 Å². The Morgan fingerprint density at radius 3 is 2.25 bits per heavy atom. The van der Waals surface area contributed by atoms with Crippen molar-refractivity contribution in [3.63, 3.8) is 0 Å². The first-order chi connectivity index (χ1) is 14.8. The molecule has 1 amide bonds. The summed E-state index contributed by atoms with van der Waals surface area (Å²) in [5.41, 5.74) is -0.707. The summed E-state index contributed by atoms with van der Waals surface area (Å²) >= 11 is 0. The van der Waals surface area contributed by atoms with Gasteiger partial charge in [0.2, 0.25) is 11.5 Å². The predicted molar refractivity (Wildman–Crippen MR) is 99.5 cm³/mol. The SMILES string of the molecule is O=C(Nc1cc[nH]c(=O)c1)C1C(OC2CCC(F)CC2)CC(C(F)(F)F)CC1C(F)(F)F. The van der Waals surface area contributed by atoms with Crippen LogP contribution in [0.25, 0.3) is 0 Å². The Bertz CT molecular complexity index is 847. The number of halogens is 7. The Morgan fingerprint density at radius 2 is 1.69 bits per heavy atom. The molecule has 1 heterocycles. The lowest BCUT2D eigenvalue weighted by Crippen LogP contribution is -2.53. The van der Waals surface area contributed by atoms with E-state index in [1.54, 1.807) is 0 Å². The van der Waals surface area contributed by atoms with E-state index in [9.17, 15) is 40.3 Å². The summed E-state index contributed by atoms with van der Waals surface area (Å²) in [6.07, 6.45) is -13.9. The van der Waals surface area contributed by atoms with Crippen LogP contribution >= 0.6 is 0 Å². The van der Waals surface area contributed by atoms with Gasteiger partial charge in [0.15, 0.2) is 0 Å². The summed E-state index contributed by atoms with van der Waals surface area (Å²) in [6, 6.07) is 2.18. The van der Waals surface area contributed by atoms with Gasteiger partial charge in [-0.3, -0.25) is 9.59 Å². The lowest BCUT2D eigenvalue weighted by Gasteiger charge is -2.43. The van der Waals surface area contributed by atoms with E-state index in [1.807, 2.05) is 0 Å². The predicted octanol–water partition coefficient (Wildman–Crippen LogP) is 4.75. The van der Waals surface area contributed by atoms with Crippen molar-refractivity contribution in [3.05, 3.63) is 28.7 Å². The van der Waals surface area contributed by atoms with Crippen molar-refractivity contribution < 1.29 is 40.3 Å². The van der Waals surface area contributed by atoms with Gasteiger partial charge in [0.25, 0.3) is 0 Å². The van der Waals surface area contributed by atoms with Crippen LogP contribution in [0.1, 0.15) is 38.5 Å². The molecular weight excluding hydrogens is 449 g/mol. The maximum Gasteiger partial charge on any atom is 0.392 e. The highest BCUT2D eigenvalue weighted by Crippen LogP contribution is 2.50. The molecule has 2 fully saturated rings. The summed E-state index contributed by atoms with van der Waals surface area (Å²) in [5, 5.41) is 2.20. The maximum absolute atomic E-state index is 13.8. The third-order valence-electron chi connectivity index (χ3n) is 6.09. The van der Waals surface area contributed by atoms with Crippen LogP contribution < -0.4 is 10.9 Å².